The summed E-state index contributed by atoms with van der Waals surface area (Å²) in [7, 11) is 0. The fraction of sp³-hybridized carbons (Fsp3) is 0.632. The Labute approximate surface area is 167 Å². The number of hydrogen-bond donors (Lipinski definition) is 3. The summed E-state index contributed by atoms with van der Waals surface area (Å²) < 4.78 is 6.09. The molecule has 1 fully saturated rings. The van der Waals surface area contributed by atoms with E-state index < -0.39 is 5.60 Å². The average Bonchev–Trinajstić information content (AvgIpc) is 2.50. The van der Waals surface area contributed by atoms with Gasteiger partial charge in [0.15, 0.2) is 5.96 Å². The SMILES string of the molecule is CCNC(=NCC1(O)CCC1)NC1CC(C)(C)Oc2ccccc21.I. The summed E-state index contributed by atoms with van der Waals surface area (Å²) in [4.78, 5) is 4.63. The number of guanidine groups is 1. The third-order valence-electron chi connectivity index (χ3n) is 4.85. The highest BCUT2D eigenvalue weighted by molar-refractivity contribution is 14.0. The number of hydrogen-bond acceptors (Lipinski definition) is 3. The summed E-state index contributed by atoms with van der Waals surface area (Å²) in [5.41, 5.74) is 0.329. The fourth-order valence-corrected chi connectivity index (χ4v) is 3.39. The van der Waals surface area contributed by atoms with Gasteiger partial charge in [0, 0.05) is 18.5 Å². The van der Waals surface area contributed by atoms with Gasteiger partial charge in [-0.15, -0.1) is 24.0 Å². The van der Waals surface area contributed by atoms with Crippen molar-refractivity contribution in [2.24, 2.45) is 4.99 Å². The number of halogens is 1. The number of nitrogens with zero attached hydrogens (tertiary/aromatic N) is 1. The average molecular weight is 459 g/mol. The molecule has 140 valence electrons. The quantitative estimate of drug-likeness (QED) is 0.367. The molecule has 3 rings (SSSR count). The van der Waals surface area contributed by atoms with Crippen molar-refractivity contribution in [3.8, 4) is 5.75 Å². The zero-order valence-electron chi connectivity index (χ0n) is 15.3. The standard InChI is InChI=1S/C19H29N3O2.HI/c1-4-20-17(21-13-19(23)10-7-11-19)22-15-12-18(2,3)24-16-9-6-5-8-14(15)16;/h5-6,8-9,15,23H,4,7,10-13H2,1-3H3,(H2,20,21,22);1H. The van der Waals surface area contributed by atoms with E-state index >= 15 is 0 Å². The van der Waals surface area contributed by atoms with Crippen LogP contribution in [0.5, 0.6) is 5.75 Å². The Bertz CT molecular complexity index is 614. The molecule has 0 radical (unpaired) electrons. The summed E-state index contributed by atoms with van der Waals surface area (Å²) in [5, 5.41) is 17.1. The third-order valence-corrected chi connectivity index (χ3v) is 4.85. The van der Waals surface area contributed by atoms with Gasteiger partial charge in [0.2, 0.25) is 0 Å². The molecule has 1 unspecified atom stereocenters. The van der Waals surface area contributed by atoms with Crippen LogP contribution in [0, 0.1) is 0 Å². The predicted octanol–water partition coefficient (Wildman–Crippen LogP) is 3.38. The summed E-state index contributed by atoms with van der Waals surface area (Å²) >= 11 is 0. The predicted molar refractivity (Wildman–Crippen MR) is 112 cm³/mol. The molecule has 1 atom stereocenters. The Balaban J connectivity index is 0.00000225. The number of benzene rings is 1. The highest BCUT2D eigenvalue weighted by atomic mass is 127. The van der Waals surface area contributed by atoms with Crippen LogP contribution in [-0.4, -0.2) is 35.4 Å². The number of aliphatic hydroxyl groups is 1. The maximum atomic E-state index is 10.3. The molecular weight excluding hydrogens is 429 g/mol. The van der Waals surface area contributed by atoms with Gasteiger partial charge in [0.05, 0.1) is 18.2 Å². The molecule has 1 heterocycles. The molecular formula is C19H30IN3O2. The van der Waals surface area contributed by atoms with E-state index in [1.54, 1.807) is 0 Å². The van der Waals surface area contributed by atoms with Crippen molar-refractivity contribution in [3.05, 3.63) is 29.8 Å². The normalized spacial score (nSPS) is 23.4. The second-order valence-corrected chi connectivity index (χ2v) is 7.57. The van der Waals surface area contributed by atoms with Crippen molar-refractivity contribution in [2.45, 2.75) is 63.7 Å². The van der Waals surface area contributed by atoms with E-state index in [-0.39, 0.29) is 35.6 Å². The van der Waals surface area contributed by atoms with E-state index in [1.807, 2.05) is 18.2 Å². The van der Waals surface area contributed by atoms with Crippen molar-refractivity contribution in [1.82, 2.24) is 10.6 Å². The zero-order valence-corrected chi connectivity index (χ0v) is 17.7. The van der Waals surface area contributed by atoms with E-state index in [9.17, 15) is 5.11 Å². The first-order valence-corrected chi connectivity index (χ1v) is 8.96. The topological polar surface area (TPSA) is 65.9 Å². The van der Waals surface area contributed by atoms with E-state index in [1.165, 1.54) is 0 Å². The van der Waals surface area contributed by atoms with Gasteiger partial charge >= 0.3 is 0 Å². The lowest BCUT2D eigenvalue weighted by Gasteiger charge is -2.39. The van der Waals surface area contributed by atoms with E-state index in [4.69, 9.17) is 4.74 Å². The minimum absolute atomic E-state index is 0. The Kier molecular flexibility index (Phi) is 6.59. The lowest BCUT2D eigenvalue weighted by Crippen LogP contribution is -2.47. The van der Waals surface area contributed by atoms with Crippen LogP contribution >= 0.6 is 24.0 Å². The van der Waals surface area contributed by atoms with Crippen molar-refractivity contribution in [3.63, 3.8) is 0 Å². The summed E-state index contributed by atoms with van der Waals surface area (Å²) in [6.45, 7) is 7.52. The molecule has 0 bridgehead atoms. The van der Waals surface area contributed by atoms with Gasteiger partial charge in [-0.2, -0.15) is 0 Å². The molecule has 0 aromatic heterocycles. The van der Waals surface area contributed by atoms with Gasteiger partial charge in [-0.3, -0.25) is 4.99 Å². The maximum absolute atomic E-state index is 10.3. The van der Waals surface area contributed by atoms with Crippen LogP contribution in [0.2, 0.25) is 0 Å². The number of ether oxygens (including phenoxy) is 1. The molecule has 1 aromatic carbocycles. The Morgan fingerprint density at radius 2 is 2.04 bits per heavy atom. The molecule has 0 spiro atoms. The van der Waals surface area contributed by atoms with Gasteiger partial charge in [-0.25, -0.2) is 0 Å². The summed E-state index contributed by atoms with van der Waals surface area (Å²) in [5.74, 6) is 1.69. The lowest BCUT2D eigenvalue weighted by atomic mass is 9.80. The van der Waals surface area contributed by atoms with E-state index in [0.717, 1.165) is 49.5 Å². The molecule has 1 aliphatic heterocycles. The largest absolute Gasteiger partial charge is 0.487 e. The molecule has 0 amide bonds. The smallest absolute Gasteiger partial charge is 0.191 e. The van der Waals surface area contributed by atoms with Crippen LogP contribution < -0.4 is 15.4 Å². The summed E-state index contributed by atoms with van der Waals surface area (Å²) in [6, 6.07) is 8.30. The van der Waals surface area contributed by atoms with Crippen LogP contribution in [-0.2, 0) is 0 Å². The number of para-hydroxylation sites is 1. The minimum atomic E-state index is -0.602. The fourth-order valence-electron chi connectivity index (χ4n) is 3.39. The van der Waals surface area contributed by atoms with Crippen molar-refractivity contribution in [2.75, 3.05) is 13.1 Å². The minimum Gasteiger partial charge on any atom is -0.487 e. The Hall–Kier alpha value is -1.02. The van der Waals surface area contributed by atoms with Gasteiger partial charge in [0.25, 0.3) is 0 Å². The molecule has 3 N–H and O–H groups in total. The molecule has 2 aliphatic rings. The van der Waals surface area contributed by atoms with Gasteiger partial charge in [-0.05, 0) is 46.1 Å². The van der Waals surface area contributed by atoms with Gasteiger partial charge < -0.3 is 20.5 Å². The van der Waals surface area contributed by atoms with Crippen LogP contribution in [0.3, 0.4) is 0 Å². The van der Waals surface area contributed by atoms with E-state index in [0.29, 0.717) is 6.54 Å². The molecule has 1 aliphatic carbocycles. The molecule has 5 nitrogen and oxygen atoms in total. The van der Waals surface area contributed by atoms with Crippen LogP contribution in [0.25, 0.3) is 0 Å². The molecule has 1 aromatic rings. The molecule has 1 saturated carbocycles. The van der Waals surface area contributed by atoms with Crippen molar-refractivity contribution in [1.29, 1.82) is 0 Å². The first kappa shape index (κ1) is 20.3. The maximum Gasteiger partial charge on any atom is 0.191 e. The number of fused-ring (bicyclic) bond motifs is 1. The lowest BCUT2D eigenvalue weighted by molar-refractivity contribution is -0.0236. The monoisotopic (exact) mass is 459 g/mol. The first-order valence-electron chi connectivity index (χ1n) is 8.96. The van der Waals surface area contributed by atoms with Crippen molar-refractivity contribution < 1.29 is 9.84 Å². The van der Waals surface area contributed by atoms with Gasteiger partial charge in [0.1, 0.15) is 11.4 Å². The highest BCUT2D eigenvalue weighted by Crippen LogP contribution is 2.39. The first-order chi connectivity index (χ1) is 11.4. The molecule has 0 saturated heterocycles. The van der Waals surface area contributed by atoms with Crippen LogP contribution in [0.15, 0.2) is 29.3 Å². The second kappa shape index (κ2) is 8.12. The van der Waals surface area contributed by atoms with E-state index in [2.05, 4.69) is 42.5 Å². The van der Waals surface area contributed by atoms with Crippen LogP contribution in [0.4, 0.5) is 0 Å². The molecule has 6 heteroatoms. The highest BCUT2D eigenvalue weighted by Gasteiger charge is 2.35. The van der Waals surface area contributed by atoms with Gasteiger partial charge in [-0.1, -0.05) is 18.2 Å². The number of rotatable bonds is 4. The summed E-state index contributed by atoms with van der Waals surface area (Å²) in [6.07, 6.45) is 3.66. The zero-order chi connectivity index (χ0) is 17.2. The Morgan fingerprint density at radius 1 is 1.32 bits per heavy atom. The second-order valence-electron chi connectivity index (χ2n) is 7.57. The third kappa shape index (κ3) is 5.00. The van der Waals surface area contributed by atoms with Crippen molar-refractivity contribution >= 4 is 29.9 Å². The number of nitrogens with one attached hydrogen (secondary N) is 2. The molecule has 25 heavy (non-hydrogen) atoms. The Morgan fingerprint density at radius 3 is 2.68 bits per heavy atom. The number of aliphatic imine (C=N–C) groups is 1. The van der Waals surface area contributed by atoms with Crippen LogP contribution in [0.1, 0.15) is 58.1 Å².